The second-order valence-electron chi connectivity index (χ2n) is 0.676. The molecular weight excluding hydrogens is 82.0 g/mol. The van der Waals surface area contributed by atoms with Crippen LogP contribution in [-0.2, 0) is 4.74 Å². The minimum absolute atomic E-state index is 0.546. The molecule has 6 heavy (non-hydrogen) atoms. The largest absolute Gasteiger partial charge is 0.481 e. The molecule has 0 aliphatic carbocycles. The lowest BCUT2D eigenvalue weighted by Gasteiger charge is -1.84. The van der Waals surface area contributed by atoms with Crippen molar-refractivity contribution < 1.29 is 9.94 Å². The quantitative estimate of drug-likeness (QED) is 0.231. The third-order valence-corrected chi connectivity index (χ3v) is 0.288. The summed E-state index contributed by atoms with van der Waals surface area (Å²) in [4.78, 5) is 0. The first-order chi connectivity index (χ1) is 2.91. The van der Waals surface area contributed by atoms with E-state index in [9.17, 15) is 0 Å². The molecule has 0 aromatic heterocycles. The fourth-order valence-electron chi connectivity index (χ4n) is 0.108. The first-order valence-electron chi connectivity index (χ1n) is 1.69. The van der Waals surface area contributed by atoms with E-state index < -0.39 is 0 Å². The van der Waals surface area contributed by atoms with Gasteiger partial charge in [-0.3, -0.25) is 0 Å². The Hall–Kier alpha value is -0.730. The van der Waals surface area contributed by atoms with E-state index in [0.717, 1.165) is 6.40 Å². The monoisotopic (exact) mass is 89.0 g/mol. The van der Waals surface area contributed by atoms with Crippen molar-refractivity contribution >= 4 is 6.40 Å². The van der Waals surface area contributed by atoms with Gasteiger partial charge in [-0.25, -0.2) is 0 Å². The Labute approximate surface area is 36.2 Å². The topological polar surface area (TPSA) is 41.8 Å². The molecule has 0 aromatic carbocycles. The Bertz CT molecular complexity index is 44.1. The summed E-state index contributed by atoms with van der Waals surface area (Å²) in [6.45, 7) is 2.35. The summed E-state index contributed by atoms with van der Waals surface area (Å²) in [5.74, 6) is 0. The summed E-state index contributed by atoms with van der Waals surface area (Å²) >= 11 is 0. The molecule has 0 fully saturated rings. The fourth-order valence-corrected chi connectivity index (χ4v) is 0.108. The normalized spacial score (nSPS) is 9.50. The lowest BCUT2D eigenvalue weighted by atomic mass is 10.9. The van der Waals surface area contributed by atoms with Crippen LogP contribution in [0.15, 0.2) is 5.16 Å². The van der Waals surface area contributed by atoms with Gasteiger partial charge in [0.05, 0.1) is 6.61 Å². The maximum absolute atomic E-state index is 7.64. The summed E-state index contributed by atoms with van der Waals surface area (Å²) in [5.41, 5.74) is 0. The molecular formula is C3H7NO2. The van der Waals surface area contributed by atoms with Crippen LogP contribution in [0.3, 0.4) is 0 Å². The summed E-state index contributed by atoms with van der Waals surface area (Å²) in [6, 6.07) is 0. The van der Waals surface area contributed by atoms with E-state index >= 15 is 0 Å². The molecule has 36 valence electrons. The van der Waals surface area contributed by atoms with Crippen LogP contribution >= 0.6 is 0 Å². The van der Waals surface area contributed by atoms with Crippen LogP contribution in [0, 0.1) is 0 Å². The molecule has 0 aromatic rings. The zero-order chi connectivity index (χ0) is 4.83. The second kappa shape index (κ2) is 4.27. The molecule has 0 amide bonds. The van der Waals surface area contributed by atoms with E-state index in [1.807, 2.05) is 6.92 Å². The van der Waals surface area contributed by atoms with Crippen molar-refractivity contribution in [1.29, 1.82) is 0 Å². The lowest BCUT2D eigenvalue weighted by molar-refractivity contribution is 0.277. The van der Waals surface area contributed by atoms with Gasteiger partial charge in [-0.15, -0.1) is 0 Å². The molecule has 0 aliphatic rings. The molecule has 0 atom stereocenters. The molecule has 0 bridgehead atoms. The van der Waals surface area contributed by atoms with Gasteiger partial charge in [-0.05, 0) is 6.92 Å². The molecule has 1 N–H and O–H groups in total. The predicted molar refractivity (Wildman–Crippen MR) is 21.9 cm³/mol. The maximum atomic E-state index is 7.64. The SMILES string of the molecule is CCOC=NO. The highest BCUT2D eigenvalue weighted by Crippen LogP contribution is 1.60. The molecule has 0 heterocycles. The van der Waals surface area contributed by atoms with Crippen molar-refractivity contribution in [1.82, 2.24) is 0 Å². The Morgan fingerprint density at radius 1 is 2.00 bits per heavy atom. The van der Waals surface area contributed by atoms with Crippen LogP contribution in [0.4, 0.5) is 0 Å². The van der Waals surface area contributed by atoms with Gasteiger partial charge in [-0.2, -0.15) is 0 Å². The van der Waals surface area contributed by atoms with E-state index in [0.29, 0.717) is 6.61 Å². The lowest BCUT2D eigenvalue weighted by Crippen LogP contribution is -1.82. The molecule has 0 aliphatic heterocycles. The minimum Gasteiger partial charge on any atom is -0.481 e. The standard InChI is InChI=1S/C3H7NO2/c1-2-6-3-4-5/h3,5H,2H2,1H3. The van der Waals surface area contributed by atoms with Gasteiger partial charge in [0.1, 0.15) is 0 Å². The average molecular weight is 89.1 g/mol. The molecule has 0 radical (unpaired) electrons. The number of rotatable bonds is 2. The van der Waals surface area contributed by atoms with Crippen molar-refractivity contribution in [3.8, 4) is 0 Å². The number of ether oxygens (including phenoxy) is 1. The maximum Gasteiger partial charge on any atom is 0.212 e. The van der Waals surface area contributed by atoms with Crippen molar-refractivity contribution in [3.05, 3.63) is 0 Å². The first kappa shape index (κ1) is 5.27. The highest BCUT2D eigenvalue weighted by Gasteiger charge is 1.62. The van der Waals surface area contributed by atoms with Crippen LogP contribution in [0.25, 0.3) is 0 Å². The number of oxime groups is 1. The summed E-state index contributed by atoms with van der Waals surface area (Å²) < 4.78 is 4.44. The summed E-state index contributed by atoms with van der Waals surface area (Å²) in [7, 11) is 0. The smallest absolute Gasteiger partial charge is 0.212 e. The highest BCUT2D eigenvalue weighted by atomic mass is 16.5. The van der Waals surface area contributed by atoms with Gasteiger partial charge in [0.15, 0.2) is 0 Å². The van der Waals surface area contributed by atoms with Gasteiger partial charge in [-0.1, -0.05) is 5.16 Å². The van der Waals surface area contributed by atoms with E-state index in [4.69, 9.17) is 5.21 Å². The van der Waals surface area contributed by atoms with E-state index in [1.54, 1.807) is 0 Å². The third-order valence-electron chi connectivity index (χ3n) is 0.288. The minimum atomic E-state index is 0.546. The van der Waals surface area contributed by atoms with E-state index in [1.165, 1.54) is 0 Å². The Balaban J connectivity index is 2.66. The number of hydrogen-bond donors (Lipinski definition) is 1. The Morgan fingerprint density at radius 2 is 2.67 bits per heavy atom. The molecule has 3 nitrogen and oxygen atoms in total. The van der Waals surface area contributed by atoms with Gasteiger partial charge >= 0.3 is 0 Å². The second-order valence-corrected chi connectivity index (χ2v) is 0.676. The van der Waals surface area contributed by atoms with Gasteiger partial charge in [0.2, 0.25) is 6.40 Å². The Kier molecular flexibility index (Phi) is 3.75. The zero-order valence-electron chi connectivity index (χ0n) is 3.59. The predicted octanol–water partition coefficient (Wildman–Crippen LogP) is 0.440. The zero-order valence-corrected chi connectivity index (χ0v) is 3.59. The van der Waals surface area contributed by atoms with Crippen LogP contribution in [0.1, 0.15) is 6.92 Å². The average Bonchev–Trinajstić information content (AvgIpc) is 1.61. The molecule has 0 spiro atoms. The van der Waals surface area contributed by atoms with Crippen molar-refractivity contribution in [2.75, 3.05) is 6.61 Å². The first-order valence-corrected chi connectivity index (χ1v) is 1.69. The Morgan fingerprint density at radius 3 is 2.83 bits per heavy atom. The third kappa shape index (κ3) is 3.27. The van der Waals surface area contributed by atoms with E-state index in [2.05, 4.69) is 9.89 Å². The van der Waals surface area contributed by atoms with Crippen LogP contribution in [-0.4, -0.2) is 18.2 Å². The van der Waals surface area contributed by atoms with Gasteiger partial charge < -0.3 is 9.94 Å². The summed E-state index contributed by atoms with van der Waals surface area (Å²) in [5, 5.41) is 10.2. The number of nitrogens with zero attached hydrogens (tertiary/aromatic N) is 1. The van der Waals surface area contributed by atoms with Crippen LogP contribution < -0.4 is 0 Å². The fraction of sp³-hybridized carbons (Fsp3) is 0.667. The van der Waals surface area contributed by atoms with Crippen molar-refractivity contribution in [3.63, 3.8) is 0 Å². The highest BCUT2D eigenvalue weighted by molar-refractivity contribution is 5.44. The summed E-state index contributed by atoms with van der Waals surface area (Å²) in [6.07, 6.45) is 0.986. The van der Waals surface area contributed by atoms with Crippen LogP contribution in [0.5, 0.6) is 0 Å². The van der Waals surface area contributed by atoms with Crippen molar-refractivity contribution in [2.45, 2.75) is 6.92 Å². The molecule has 0 unspecified atom stereocenters. The number of hydrogen-bond acceptors (Lipinski definition) is 3. The van der Waals surface area contributed by atoms with Gasteiger partial charge in [0, 0.05) is 0 Å². The molecule has 0 rings (SSSR count). The van der Waals surface area contributed by atoms with Crippen LogP contribution in [0.2, 0.25) is 0 Å². The van der Waals surface area contributed by atoms with E-state index in [-0.39, 0.29) is 0 Å². The van der Waals surface area contributed by atoms with Gasteiger partial charge in [0.25, 0.3) is 0 Å². The molecule has 0 saturated carbocycles. The van der Waals surface area contributed by atoms with Crippen molar-refractivity contribution in [2.24, 2.45) is 5.16 Å². The molecule has 3 heteroatoms. The molecule has 0 saturated heterocycles.